The van der Waals surface area contributed by atoms with E-state index in [1.807, 2.05) is 0 Å². The Morgan fingerprint density at radius 2 is 1.37 bits per heavy atom. The Morgan fingerprint density at radius 3 is 2.03 bits per heavy atom. The molecule has 0 fully saturated rings. The minimum atomic E-state index is -0.739. The van der Waals surface area contributed by atoms with Crippen LogP contribution in [0.1, 0.15) is 27.6 Å². The van der Waals surface area contributed by atoms with Crippen LogP contribution in [0.25, 0.3) is 0 Å². The van der Waals surface area contributed by atoms with E-state index in [1.165, 1.54) is 31.2 Å². The largest absolute Gasteiger partial charge is 0.350 e. The fraction of sp³-hybridized carbons (Fsp3) is 0.0400. The number of imide groups is 1. The predicted molar refractivity (Wildman–Crippen MR) is 136 cm³/mol. The predicted octanol–water partition coefficient (Wildman–Crippen LogP) is 5.88. The van der Waals surface area contributed by atoms with E-state index in [2.05, 4.69) is 10.6 Å². The van der Waals surface area contributed by atoms with Crippen molar-refractivity contribution in [3.8, 4) is 0 Å². The number of amides is 3. The Labute approximate surface area is 215 Å². The Kier molecular flexibility index (Phi) is 6.93. The maximum absolute atomic E-state index is 13.0. The number of benzene rings is 3. The van der Waals surface area contributed by atoms with Crippen LogP contribution in [0.3, 0.4) is 0 Å². The third kappa shape index (κ3) is 5.22. The Morgan fingerprint density at radius 1 is 0.771 bits per heavy atom. The van der Waals surface area contributed by atoms with Crippen molar-refractivity contribution in [2.45, 2.75) is 6.92 Å². The lowest BCUT2D eigenvalue weighted by atomic mass is 10.1. The Balaban J connectivity index is 1.54. The van der Waals surface area contributed by atoms with Gasteiger partial charge in [-0.25, -0.2) is 4.90 Å². The lowest BCUT2D eigenvalue weighted by molar-refractivity contribution is -0.120. The zero-order valence-electron chi connectivity index (χ0n) is 18.1. The second-order valence-electron chi connectivity index (χ2n) is 7.56. The van der Waals surface area contributed by atoms with Crippen molar-refractivity contribution in [3.63, 3.8) is 0 Å². The summed E-state index contributed by atoms with van der Waals surface area (Å²) in [7, 11) is 0. The topological polar surface area (TPSA) is 95.6 Å². The highest BCUT2D eigenvalue weighted by atomic mass is 35.5. The molecule has 0 aliphatic carbocycles. The van der Waals surface area contributed by atoms with Gasteiger partial charge in [0.05, 0.1) is 5.69 Å². The maximum atomic E-state index is 13.0. The molecule has 1 aliphatic rings. The summed E-state index contributed by atoms with van der Waals surface area (Å²) in [4.78, 5) is 50.9. The van der Waals surface area contributed by atoms with Crippen molar-refractivity contribution in [2.75, 3.05) is 15.5 Å². The molecule has 3 aromatic rings. The van der Waals surface area contributed by atoms with E-state index in [-0.39, 0.29) is 37.8 Å². The van der Waals surface area contributed by atoms with Gasteiger partial charge in [0.2, 0.25) is 0 Å². The van der Waals surface area contributed by atoms with Crippen LogP contribution < -0.4 is 15.5 Å². The molecule has 7 nitrogen and oxygen atoms in total. The molecule has 0 bridgehead atoms. The summed E-state index contributed by atoms with van der Waals surface area (Å²) in [5, 5.41) is 5.73. The molecular formula is C25H16Cl3N3O4. The second kappa shape index (κ2) is 9.92. The van der Waals surface area contributed by atoms with Gasteiger partial charge in [-0.1, -0.05) is 53.0 Å². The van der Waals surface area contributed by atoms with Crippen molar-refractivity contribution in [2.24, 2.45) is 0 Å². The number of nitrogens with one attached hydrogen (secondary N) is 2. The molecule has 0 unspecified atom stereocenters. The molecule has 0 spiro atoms. The number of anilines is 3. The number of carbonyl (C=O) groups is 4. The summed E-state index contributed by atoms with van der Waals surface area (Å²) in [5.41, 5.74) is 1.58. The van der Waals surface area contributed by atoms with E-state index in [0.29, 0.717) is 16.9 Å². The first-order valence-corrected chi connectivity index (χ1v) is 11.3. The monoisotopic (exact) mass is 527 g/mol. The summed E-state index contributed by atoms with van der Waals surface area (Å²) in [6.45, 7) is 1.44. The maximum Gasteiger partial charge on any atom is 0.283 e. The second-order valence-corrected chi connectivity index (χ2v) is 8.81. The number of Topliss-reactive ketones (excluding diaryl/α,β-unsaturated/α-hetero) is 1. The first kappa shape index (κ1) is 24.5. The van der Waals surface area contributed by atoms with Crippen molar-refractivity contribution in [1.82, 2.24) is 0 Å². The third-order valence-electron chi connectivity index (χ3n) is 5.05. The zero-order chi connectivity index (χ0) is 25.3. The first-order chi connectivity index (χ1) is 16.6. The van der Waals surface area contributed by atoms with Crippen molar-refractivity contribution >= 4 is 75.4 Å². The average molecular weight is 529 g/mol. The zero-order valence-corrected chi connectivity index (χ0v) is 20.3. The highest BCUT2D eigenvalue weighted by Crippen LogP contribution is 2.33. The lowest BCUT2D eigenvalue weighted by Crippen LogP contribution is -2.32. The number of carbonyl (C=O) groups excluding carboxylic acids is 4. The van der Waals surface area contributed by atoms with Gasteiger partial charge in [0.1, 0.15) is 10.7 Å². The molecule has 4 rings (SSSR count). The van der Waals surface area contributed by atoms with Gasteiger partial charge in [-0.05, 0) is 55.5 Å². The number of hydrogen-bond acceptors (Lipinski definition) is 5. The van der Waals surface area contributed by atoms with Crippen LogP contribution in [0.2, 0.25) is 10.0 Å². The molecule has 176 valence electrons. The number of rotatable bonds is 6. The van der Waals surface area contributed by atoms with E-state index < -0.39 is 17.7 Å². The number of hydrogen-bond donors (Lipinski definition) is 2. The smallest absolute Gasteiger partial charge is 0.283 e. The number of halogens is 3. The van der Waals surface area contributed by atoms with Crippen LogP contribution in [-0.4, -0.2) is 23.5 Å². The molecule has 1 aliphatic heterocycles. The quantitative estimate of drug-likeness (QED) is 0.307. The molecular weight excluding hydrogens is 513 g/mol. The van der Waals surface area contributed by atoms with Crippen molar-refractivity contribution in [1.29, 1.82) is 0 Å². The van der Waals surface area contributed by atoms with E-state index >= 15 is 0 Å². The first-order valence-electron chi connectivity index (χ1n) is 10.2. The van der Waals surface area contributed by atoms with Gasteiger partial charge in [0.15, 0.2) is 5.78 Å². The lowest BCUT2D eigenvalue weighted by Gasteiger charge is -2.16. The molecule has 1 heterocycles. The van der Waals surface area contributed by atoms with Gasteiger partial charge in [-0.15, -0.1) is 0 Å². The van der Waals surface area contributed by atoms with Crippen LogP contribution in [0.15, 0.2) is 77.5 Å². The molecule has 10 heteroatoms. The van der Waals surface area contributed by atoms with E-state index in [0.717, 1.165) is 4.90 Å². The molecule has 0 atom stereocenters. The standard InChI is InChI=1S/C25H16Cl3N3O4/c1-13(32)14-4-2-7-19(8-14)30-23(33)15-5-3-6-18(9-15)29-22-21(28)24(34)31(25(22)35)20-11-16(26)10-17(27)12-20/h2-12,29H,1H3,(H,30,33). The van der Waals surface area contributed by atoms with Gasteiger partial charge in [-0.3, -0.25) is 19.2 Å². The fourth-order valence-corrected chi connectivity index (χ4v) is 4.14. The van der Waals surface area contributed by atoms with Crippen LogP contribution in [0, 0.1) is 0 Å². The van der Waals surface area contributed by atoms with Gasteiger partial charge in [0.25, 0.3) is 17.7 Å². The summed E-state index contributed by atoms with van der Waals surface area (Å²) < 4.78 is 0. The van der Waals surface area contributed by atoms with Gasteiger partial charge >= 0.3 is 0 Å². The number of nitrogens with zero attached hydrogens (tertiary/aromatic N) is 1. The van der Waals surface area contributed by atoms with Crippen molar-refractivity contribution in [3.05, 3.63) is 98.6 Å². The summed E-state index contributed by atoms with van der Waals surface area (Å²) >= 11 is 18.2. The Hall–Kier alpha value is -3.65. The minimum Gasteiger partial charge on any atom is -0.350 e. The van der Waals surface area contributed by atoms with Gasteiger partial charge < -0.3 is 10.6 Å². The highest BCUT2D eigenvalue weighted by Gasteiger charge is 2.39. The van der Waals surface area contributed by atoms with Crippen molar-refractivity contribution < 1.29 is 19.2 Å². The molecule has 35 heavy (non-hydrogen) atoms. The SMILES string of the molecule is CC(=O)c1cccc(NC(=O)c2cccc(NC3=C(Cl)C(=O)N(c4cc(Cl)cc(Cl)c4)C3=O)c2)c1. The highest BCUT2D eigenvalue weighted by molar-refractivity contribution is 6.53. The van der Waals surface area contributed by atoms with E-state index in [1.54, 1.807) is 42.5 Å². The summed E-state index contributed by atoms with van der Waals surface area (Å²) in [5.74, 6) is -1.99. The average Bonchev–Trinajstić information content (AvgIpc) is 3.02. The molecule has 3 aromatic carbocycles. The van der Waals surface area contributed by atoms with Crippen LogP contribution in [-0.2, 0) is 9.59 Å². The number of ketones is 1. The van der Waals surface area contributed by atoms with Crippen LogP contribution in [0.5, 0.6) is 0 Å². The van der Waals surface area contributed by atoms with Crippen LogP contribution in [0.4, 0.5) is 17.1 Å². The van der Waals surface area contributed by atoms with Gasteiger partial charge in [-0.2, -0.15) is 0 Å². The molecule has 3 amide bonds. The fourth-order valence-electron chi connectivity index (χ4n) is 3.42. The van der Waals surface area contributed by atoms with Crippen LogP contribution >= 0.6 is 34.8 Å². The summed E-state index contributed by atoms with van der Waals surface area (Å²) in [6.07, 6.45) is 0. The molecule has 0 aromatic heterocycles. The van der Waals surface area contributed by atoms with Gasteiger partial charge in [0, 0.05) is 32.5 Å². The summed E-state index contributed by atoms with van der Waals surface area (Å²) in [6, 6.07) is 17.2. The Bertz CT molecular complexity index is 1410. The molecule has 0 radical (unpaired) electrons. The molecule has 2 N–H and O–H groups in total. The molecule has 0 saturated carbocycles. The molecule has 0 saturated heterocycles. The normalized spacial score (nSPS) is 13.3. The van der Waals surface area contributed by atoms with E-state index in [4.69, 9.17) is 34.8 Å². The third-order valence-corrected chi connectivity index (χ3v) is 5.84. The minimum absolute atomic E-state index is 0.123. The van der Waals surface area contributed by atoms with E-state index in [9.17, 15) is 19.2 Å².